The molecule has 0 atom stereocenters. The van der Waals surface area contributed by atoms with Crippen LogP contribution in [0.15, 0.2) is 0 Å². The van der Waals surface area contributed by atoms with Crippen molar-refractivity contribution in [1.29, 1.82) is 0 Å². The number of amides is 1. The number of ether oxygens (including phenoxy) is 2. The molecule has 1 heterocycles. The van der Waals surface area contributed by atoms with E-state index >= 15 is 0 Å². The number of esters is 1. The van der Waals surface area contributed by atoms with Gasteiger partial charge in [0.15, 0.2) is 0 Å². The molecule has 0 aromatic rings. The van der Waals surface area contributed by atoms with Crippen molar-refractivity contribution in [3.8, 4) is 0 Å². The minimum absolute atomic E-state index is 0.194. The smallest absolute Gasteiger partial charge is 0.307 e. The Morgan fingerprint density at radius 1 is 1.12 bits per heavy atom. The molecule has 0 radical (unpaired) electrons. The van der Waals surface area contributed by atoms with Crippen LogP contribution in [-0.2, 0) is 19.1 Å². The molecule has 0 bridgehead atoms. The lowest BCUT2D eigenvalue weighted by atomic mass is 9.86. The van der Waals surface area contributed by atoms with E-state index in [4.69, 9.17) is 9.47 Å². The molecule has 138 valence electrons. The maximum atomic E-state index is 12.7. The van der Waals surface area contributed by atoms with E-state index in [0.29, 0.717) is 25.4 Å². The van der Waals surface area contributed by atoms with Crippen LogP contribution in [0.1, 0.15) is 44.9 Å². The molecule has 6 heteroatoms. The van der Waals surface area contributed by atoms with Gasteiger partial charge in [-0.2, -0.15) is 0 Å². The number of hydrogen-bond acceptors (Lipinski definition) is 5. The van der Waals surface area contributed by atoms with Crippen LogP contribution in [0.4, 0.5) is 0 Å². The summed E-state index contributed by atoms with van der Waals surface area (Å²) < 4.78 is 10.1. The van der Waals surface area contributed by atoms with Crippen molar-refractivity contribution in [2.45, 2.75) is 44.9 Å². The van der Waals surface area contributed by atoms with Gasteiger partial charge in [0.1, 0.15) is 0 Å². The molecule has 1 aliphatic carbocycles. The monoisotopic (exact) mass is 340 g/mol. The van der Waals surface area contributed by atoms with Gasteiger partial charge in [-0.05, 0) is 18.8 Å². The third kappa shape index (κ3) is 6.77. The zero-order valence-electron chi connectivity index (χ0n) is 15.0. The van der Waals surface area contributed by atoms with Gasteiger partial charge >= 0.3 is 5.97 Å². The summed E-state index contributed by atoms with van der Waals surface area (Å²) in [6.07, 6.45) is 7.02. The van der Waals surface area contributed by atoms with Gasteiger partial charge < -0.3 is 14.4 Å². The molecule has 1 amide bonds. The second-order valence-corrected chi connectivity index (χ2v) is 6.87. The summed E-state index contributed by atoms with van der Waals surface area (Å²) in [5, 5.41) is 0. The van der Waals surface area contributed by atoms with Gasteiger partial charge in [-0.1, -0.05) is 19.3 Å². The first kappa shape index (κ1) is 19.2. The van der Waals surface area contributed by atoms with E-state index < -0.39 is 0 Å². The minimum atomic E-state index is -0.253. The van der Waals surface area contributed by atoms with E-state index in [1.807, 2.05) is 4.90 Å². The number of methoxy groups -OCH3 is 1. The Morgan fingerprint density at radius 2 is 1.83 bits per heavy atom. The highest BCUT2D eigenvalue weighted by molar-refractivity contribution is 5.77. The van der Waals surface area contributed by atoms with E-state index in [0.717, 1.165) is 32.8 Å². The number of morpholine rings is 1. The van der Waals surface area contributed by atoms with Crippen molar-refractivity contribution in [3.63, 3.8) is 0 Å². The normalized spacial score (nSPS) is 19.9. The summed E-state index contributed by atoms with van der Waals surface area (Å²) >= 11 is 0. The van der Waals surface area contributed by atoms with Crippen LogP contribution in [0.25, 0.3) is 0 Å². The van der Waals surface area contributed by atoms with Crippen LogP contribution < -0.4 is 0 Å². The fraction of sp³-hybridized carbons (Fsp3) is 0.889. The predicted octanol–water partition coefficient (Wildman–Crippen LogP) is 1.68. The molecule has 0 spiro atoms. The van der Waals surface area contributed by atoms with Gasteiger partial charge in [-0.15, -0.1) is 0 Å². The lowest BCUT2D eigenvalue weighted by Gasteiger charge is -2.31. The van der Waals surface area contributed by atoms with Gasteiger partial charge in [-0.25, -0.2) is 0 Å². The van der Waals surface area contributed by atoms with E-state index in [1.165, 1.54) is 39.2 Å². The lowest BCUT2D eigenvalue weighted by Crippen LogP contribution is -2.44. The van der Waals surface area contributed by atoms with E-state index in [2.05, 4.69) is 4.90 Å². The lowest BCUT2D eigenvalue weighted by molar-refractivity contribution is -0.142. The Kier molecular flexibility index (Phi) is 8.53. The average Bonchev–Trinajstić information content (AvgIpc) is 2.63. The molecular formula is C18H32N2O4. The highest BCUT2D eigenvalue weighted by Gasteiger charge is 2.22. The fourth-order valence-electron chi connectivity index (χ4n) is 3.54. The standard InChI is InChI=1S/C18H32N2O4/c1-23-18(22)7-8-20(10-9-19-11-13-24-14-12-19)17(21)15-16-5-3-2-4-6-16/h16H,2-15H2,1H3. The van der Waals surface area contributed by atoms with Gasteiger partial charge in [0.2, 0.25) is 5.91 Å². The first-order valence-electron chi connectivity index (χ1n) is 9.33. The maximum Gasteiger partial charge on any atom is 0.307 e. The average molecular weight is 340 g/mol. The van der Waals surface area contributed by atoms with E-state index in [1.54, 1.807) is 0 Å². The second-order valence-electron chi connectivity index (χ2n) is 6.87. The summed E-state index contributed by atoms with van der Waals surface area (Å²) in [6.45, 7) is 5.35. The minimum Gasteiger partial charge on any atom is -0.469 e. The van der Waals surface area contributed by atoms with Crippen LogP contribution in [0.2, 0.25) is 0 Å². The van der Waals surface area contributed by atoms with E-state index in [9.17, 15) is 9.59 Å². The van der Waals surface area contributed by atoms with Crippen LogP contribution in [0, 0.1) is 5.92 Å². The predicted molar refractivity (Wildman–Crippen MR) is 91.7 cm³/mol. The summed E-state index contributed by atoms with van der Waals surface area (Å²) in [5.74, 6) is 0.464. The molecule has 1 saturated carbocycles. The quantitative estimate of drug-likeness (QED) is 0.629. The highest BCUT2D eigenvalue weighted by atomic mass is 16.5. The number of carbonyl (C=O) groups is 2. The van der Waals surface area contributed by atoms with Crippen LogP contribution in [-0.4, -0.2) is 74.7 Å². The van der Waals surface area contributed by atoms with Crippen molar-refractivity contribution < 1.29 is 19.1 Å². The third-order valence-electron chi connectivity index (χ3n) is 5.14. The number of nitrogens with zero attached hydrogens (tertiary/aromatic N) is 2. The fourth-order valence-corrected chi connectivity index (χ4v) is 3.54. The van der Waals surface area contributed by atoms with Gasteiger partial charge in [0.05, 0.1) is 26.7 Å². The molecule has 6 nitrogen and oxygen atoms in total. The zero-order chi connectivity index (χ0) is 17.2. The molecule has 0 aromatic carbocycles. The van der Waals surface area contributed by atoms with Gasteiger partial charge in [0, 0.05) is 39.1 Å². The van der Waals surface area contributed by atoms with Crippen molar-refractivity contribution in [2.24, 2.45) is 5.92 Å². The molecule has 2 rings (SSSR count). The molecule has 0 aromatic heterocycles. The van der Waals surface area contributed by atoms with Crippen molar-refractivity contribution >= 4 is 11.9 Å². The van der Waals surface area contributed by atoms with Crippen LogP contribution in [0.5, 0.6) is 0 Å². The molecule has 0 N–H and O–H groups in total. The van der Waals surface area contributed by atoms with Crippen LogP contribution >= 0.6 is 0 Å². The Labute approximate surface area is 145 Å². The maximum absolute atomic E-state index is 12.7. The molecule has 1 saturated heterocycles. The van der Waals surface area contributed by atoms with Crippen molar-refractivity contribution in [1.82, 2.24) is 9.80 Å². The molecular weight excluding hydrogens is 308 g/mol. The number of carbonyl (C=O) groups excluding carboxylic acids is 2. The number of hydrogen-bond donors (Lipinski definition) is 0. The first-order chi connectivity index (χ1) is 11.7. The summed E-state index contributed by atoms with van der Waals surface area (Å²) in [6, 6.07) is 0. The zero-order valence-corrected chi connectivity index (χ0v) is 15.0. The molecule has 0 unspecified atom stereocenters. The highest BCUT2D eigenvalue weighted by Crippen LogP contribution is 2.26. The second kappa shape index (κ2) is 10.7. The Bertz CT molecular complexity index is 390. The molecule has 24 heavy (non-hydrogen) atoms. The topological polar surface area (TPSA) is 59.1 Å². The summed E-state index contributed by atoms with van der Waals surface area (Å²) in [7, 11) is 1.39. The summed E-state index contributed by atoms with van der Waals surface area (Å²) in [5.41, 5.74) is 0. The van der Waals surface area contributed by atoms with Crippen molar-refractivity contribution in [2.75, 3.05) is 53.0 Å². The van der Waals surface area contributed by atoms with Gasteiger partial charge in [0.25, 0.3) is 0 Å². The Balaban J connectivity index is 1.82. The Hall–Kier alpha value is -1.14. The third-order valence-corrected chi connectivity index (χ3v) is 5.14. The first-order valence-corrected chi connectivity index (χ1v) is 9.33. The summed E-state index contributed by atoms with van der Waals surface area (Å²) in [4.78, 5) is 28.3. The van der Waals surface area contributed by atoms with Crippen LogP contribution in [0.3, 0.4) is 0 Å². The van der Waals surface area contributed by atoms with Crippen molar-refractivity contribution in [3.05, 3.63) is 0 Å². The molecule has 2 aliphatic rings. The SMILES string of the molecule is COC(=O)CCN(CCN1CCOCC1)C(=O)CC1CCCCC1. The number of rotatable bonds is 8. The molecule has 1 aliphatic heterocycles. The Morgan fingerprint density at radius 3 is 2.50 bits per heavy atom. The molecule has 2 fully saturated rings. The van der Waals surface area contributed by atoms with Gasteiger partial charge in [-0.3, -0.25) is 14.5 Å². The largest absolute Gasteiger partial charge is 0.469 e. The van der Waals surface area contributed by atoms with E-state index in [-0.39, 0.29) is 18.3 Å².